The first kappa shape index (κ1) is 12.7. The van der Waals surface area contributed by atoms with Crippen LogP contribution in [0, 0.1) is 12.3 Å². The molecule has 2 aromatic rings. The number of hydrogen-bond donors (Lipinski definition) is 2. The van der Waals surface area contributed by atoms with E-state index >= 15 is 0 Å². The molecule has 1 heterocycles. The minimum Gasteiger partial charge on any atom is -0.329 e. The van der Waals surface area contributed by atoms with Gasteiger partial charge < -0.3 is 11.1 Å². The van der Waals surface area contributed by atoms with Crippen LogP contribution < -0.4 is 11.1 Å². The smallest absolute Gasteiger partial charge is 0.231 e. The van der Waals surface area contributed by atoms with Gasteiger partial charge in [-0.05, 0) is 47.9 Å². The molecule has 1 aliphatic rings. The monoisotopic (exact) mass is 272 g/mol. The van der Waals surface area contributed by atoms with Crippen LogP contribution in [0.1, 0.15) is 18.4 Å². The molecule has 0 bridgehead atoms. The number of carbonyl (C=O) groups excluding carboxylic acids is 1. The second-order valence-electron chi connectivity index (χ2n) is 5.19. The van der Waals surface area contributed by atoms with Crippen molar-refractivity contribution in [1.82, 2.24) is 20.2 Å². The molecule has 3 rings (SSSR count). The number of nitrogens with zero attached hydrogens (tertiary/aromatic N) is 4. The van der Waals surface area contributed by atoms with Crippen LogP contribution in [0.15, 0.2) is 24.5 Å². The fourth-order valence-corrected chi connectivity index (χ4v) is 2.14. The molecule has 3 N–H and O–H groups in total. The lowest BCUT2D eigenvalue weighted by molar-refractivity contribution is -0.120. The zero-order valence-electron chi connectivity index (χ0n) is 11.2. The maximum Gasteiger partial charge on any atom is 0.231 e. The predicted molar refractivity (Wildman–Crippen MR) is 73.2 cm³/mol. The number of nitrogens with one attached hydrogen (secondary N) is 1. The third kappa shape index (κ3) is 2.16. The number of aryl methyl sites for hydroxylation is 1. The summed E-state index contributed by atoms with van der Waals surface area (Å²) in [5.74, 6) is -0.00785. The molecule has 7 nitrogen and oxygen atoms in total. The van der Waals surface area contributed by atoms with E-state index < -0.39 is 0 Å². The standard InChI is InChI=1S/C13H16N6O/c1-9-2-3-10(6-11(9)19-8-15-17-18-19)16-12(20)13(7-14)4-5-13/h2-3,6,8H,4-5,7,14H2,1H3,(H,16,20). The minimum absolute atomic E-state index is 0.00785. The van der Waals surface area contributed by atoms with Gasteiger partial charge in [-0.2, -0.15) is 0 Å². The predicted octanol–water partition coefficient (Wildman–Crippen LogP) is 0.648. The van der Waals surface area contributed by atoms with Crippen LogP contribution in [-0.4, -0.2) is 32.7 Å². The number of benzene rings is 1. The van der Waals surface area contributed by atoms with E-state index in [-0.39, 0.29) is 11.3 Å². The second kappa shape index (κ2) is 4.68. The summed E-state index contributed by atoms with van der Waals surface area (Å²) in [6, 6.07) is 5.65. The van der Waals surface area contributed by atoms with Gasteiger partial charge in [-0.25, -0.2) is 4.68 Å². The van der Waals surface area contributed by atoms with Crippen LogP contribution in [0.4, 0.5) is 5.69 Å². The van der Waals surface area contributed by atoms with Crippen molar-refractivity contribution in [1.29, 1.82) is 0 Å². The summed E-state index contributed by atoms with van der Waals surface area (Å²) < 4.78 is 1.57. The van der Waals surface area contributed by atoms with Crippen molar-refractivity contribution < 1.29 is 4.79 Å². The number of amides is 1. The average Bonchev–Trinajstić information content (AvgIpc) is 3.08. The highest BCUT2D eigenvalue weighted by molar-refractivity contribution is 5.97. The van der Waals surface area contributed by atoms with E-state index in [2.05, 4.69) is 20.8 Å². The largest absolute Gasteiger partial charge is 0.329 e. The normalized spacial score (nSPS) is 15.9. The molecular formula is C13H16N6O. The summed E-state index contributed by atoms with van der Waals surface area (Å²) in [4.78, 5) is 12.2. The molecule has 1 saturated carbocycles. The van der Waals surface area contributed by atoms with Gasteiger partial charge in [0.05, 0.1) is 11.1 Å². The Labute approximate surface area is 116 Å². The first-order chi connectivity index (χ1) is 9.64. The Balaban J connectivity index is 1.85. The Morgan fingerprint density at radius 2 is 2.30 bits per heavy atom. The maximum absolute atomic E-state index is 12.2. The summed E-state index contributed by atoms with van der Waals surface area (Å²) >= 11 is 0. The molecule has 7 heteroatoms. The number of aromatic nitrogens is 4. The maximum atomic E-state index is 12.2. The van der Waals surface area contributed by atoms with Gasteiger partial charge in [0.1, 0.15) is 6.33 Å². The number of rotatable bonds is 4. The van der Waals surface area contributed by atoms with Crippen molar-refractivity contribution in [2.75, 3.05) is 11.9 Å². The lowest BCUT2D eigenvalue weighted by Gasteiger charge is -2.14. The molecular weight excluding hydrogens is 256 g/mol. The fourth-order valence-electron chi connectivity index (χ4n) is 2.14. The molecule has 104 valence electrons. The number of anilines is 1. The van der Waals surface area contributed by atoms with Crippen LogP contribution in [0.3, 0.4) is 0 Å². The molecule has 1 amide bonds. The zero-order valence-corrected chi connectivity index (χ0v) is 11.2. The van der Waals surface area contributed by atoms with Gasteiger partial charge in [-0.3, -0.25) is 4.79 Å². The van der Waals surface area contributed by atoms with Crippen LogP contribution in [-0.2, 0) is 4.79 Å². The third-order valence-electron chi connectivity index (χ3n) is 3.79. The van der Waals surface area contributed by atoms with Gasteiger partial charge in [-0.15, -0.1) is 5.10 Å². The van der Waals surface area contributed by atoms with Crippen LogP contribution >= 0.6 is 0 Å². The van der Waals surface area contributed by atoms with Crippen LogP contribution in [0.25, 0.3) is 5.69 Å². The molecule has 0 spiro atoms. The van der Waals surface area contributed by atoms with Crippen molar-refractivity contribution in [2.45, 2.75) is 19.8 Å². The van der Waals surface area contributed by atoms with Gasteiger partial charge in [-0.1, -0.05) is 6.07 Å². The zero-order chi connectivity index (χ0) is 14.2. The van der Waals surface area contributed by atoms with Gasteiger partial charge >= 0.3 is 0 Å². The van der Waals surface area contributed by atoms with Gasteiger partial charge in [0.15, 0.2) is 0 Å². The molecule has 0 saturated heterocycles. The summed E-state index contributed by atoms with van der Waals surface area (Å²) in [7, 11) is 0. The summed E-state index contributed by atoms with van der Waals surface area (Å²) in [5.41, 5.74) is 7.89. The molecule has 20 heavy (non-hydrogen) atoms. The third-order valence-corrected chi connectivity index (χ3v) is 3.79. The second-order valence-corrected chi connectivity index (χ2v) is 5.19. The Morgan fingerprint density at radius 3 is 2.90 bits per heavy atom. The Bertz CT molecular complexity index is 632. The molecule has 0 aliphatic heterocycles. The van der Waals surface area contributed by atoms with E-state index in [0.717, 1.165) is 29.8 Å². The summed E-state index contributed by atoms with van der Waals surface area (Å²) in [5, 5.41) is 14.0. The number of tetrazole rings is 1. The van der Waals surface area contributed by atoms with Crippen molar-refractivity contribution in [3.63, 3.8) is 0 Å². The van der Waals surface area contributed by atoms with Crippen molar-refractivity contribution in [3.8, 4) is 5.69 Å². The van der Waals surface area contributed by atoms with Gasteiger partial charge in [0.2, 0.25) is 5.91 Å². The number of nitrogens with two attached hydrogens (primary N) is 1. The van der Waals surface area contributed by atoms with Crippen molar-refractivity contribution in [3.05, 3.63) is 30.1 Å². The van der Waals surface area contributed by atoms with Crippen molar-refractivity contribution in [2.24, 2.45) is 11.1 Å². The molecule has 0 atom stereocenters. The SMILES string of the molecule is Cc1ccc(NC(=O)C2(CN)CC2)cc1-n1cnnn1. The quantitative estimate of drug-likeness (QED) is 0.851. The number of carbonyl (C=O) groups is 1. The Kier molecular flexibility index (Phi) is 2.98. The molecule has 1 fully saturated rings. The van der Waals surface area contributed by atoms with E-state index in [0.29, 0.717) is 6.54 Å². The van der Waals surface area contributed by atoms with Crippen molar-refractivity contribution >= 4 is 11.6 Å². The molecule has 0 radical (unpaired) electrons. The van der Waals surface area contributed by atoms with Crippen LogP contribution in [0.5, 0.6) is 0 Å². The van der Waals surface area contributed by atoms with Gasteiger partial charge in [0, 0.05) is 12.2 Å². The molecule has 1 aromatic carbocycles. The molecule has 0 unspecified atom stereocenters. The van der Waals surface area contributed by atoms with E-state index in [4.69, 9.17) is 5.73 Å². The van der Waals surface area contributed by atoms with E-state index in [1.807, 2.05) is 25.1 Å². The Hall–Kier alpha value is -2.28. The highest BCUT2D eigenvalue weighted by Crippen LogP contribution is 2.45. The van der Waals surface area contributed by atoms with Gasteiger partial charge in [0.25, 0.3) is 0 Å². The van der Waals surface area contributed by atoms with E-state index in [1.165, 1.54) is 6.33 Å². The Morgan fingerprint density at radius 1 is 1.50 bits per heavy atom. The topological polar surface area (TPSA) is 98.7 Å². The lowest BCUT2D eigenvalue weighted by Crippen LogP contribution is -2.30. The first-order valence-corrected chi connectivity index (χ1v) is 6.50. The van der Waals surface area contributed by atoms with Crippen LogP contribution in [0.2, 0.25) is 0 Å². The fraction of sp³-hybridized carbons (Fsp3) is 0.385. The molecule has 1 aromatic heterocycles. The minimum atomic E-state index is -0.361. The van der Waals surface area contributed by atoms with E-state index in [1.54, 1.807) is 4.68 Å². The number of hydrogen-bond acceptors (Lipinski definition) is 5. The highest BCUT2D eigenvalue weighted by atomic mass is 16.2. The first-order valence-electron chi connectivity index (χ1n) is 6.50. The van der Waals surface area contributed by atoms with E-state index in [9.17, 15) is 4.79 Å². The lowest BCUT2D eigenvalue weighted by atomic mass is 10.1. The highest BCUT2D eigenvalue weighted by Gasteiger charge is 2.48. The average molecular weight is 272 g/mol. The summed E-state index contributed by atoms with van der Waals surface area (Å²) in [6.45, 7) is 2.36. The molecule has 1 aliphatic carbocycles. The summed E-state index contributed by atoms with van der Waals surface area (Å²) in [6.07, 6.45) is 3.25.